The van der Waals surface area contributed by atoms with Gasteiger partial charge in [0.05, 0.1) is 11.1 Å². The zero-order valence-electron chi connectivity index (χ0n) is 16.2. The summed E-state index contributed by atoms with van der Waals surface area (Å²) in [6.45, 7) is 3.10. The number of nitrogens with one attached hydrogen (secondary N) is 2. The Labute approximate surface area is 168 Å². The lowest BCUT2D eigenvalue weighted by atomic mass is 10.0. The van der Waals surface area contributed by atoms with Crippen molar-refractivity contribution in [3.05, 3.63) is 54.0 Å². The highest BCUT2D eigenvalue weighted by Gasteiger charge is 2.19. The molecule has 0 amide bonds. The van der Waals surface area contributed by atoms with E-state index in [0.717, 1.165) is 46.0 Å². The van der Waals surface area contributed by atoms with Crippen molar-refractivity contribution in [3.63, 3.8) is 0 Å². The summed E-state index contributed by atoms with van der Waals surface area (Å²) in [7, 11) is 4.08. The van der Waals surface area contributed by atoms with Gasteiger partial charge in [0.1, 0.15) is 10.7 Å². The van der Waals surface area contributed by atoms with Gasteiger partial charge in [-0.05, 0) is 42.7 Å². The SMILES string of the molecule is Cc1cc(NSc2ccn(C)n2)c2c(-c3ccc4c(c3)N(C)CC4)c[nH]c2n1. The number of aromatic amines is 1. The van der Waals surface area contributed by atoms with Gasteiger partial charge in [-0.2, -0.15) is 5.10 Å². The molecule has 1 aliphatic heterocycles. The van der Waals surface area contributed by atoms with Crippen LogP contribution in [0, 0.1) is 6.92 Å². The smallest absolute Gasteiger partial charge is 0.140 e. The van der Waals surface area contributed by atoms with Crippen LogP contribution in [0.2, 0.25) is 0 Å². The largest absolute Gasteiger partial charge is 0.374 e. The van der Waals surface area contributed by atoms with Crippen molar-refractivity contribution in [2.24, 2.45) is 7.05 Å². The van der Waals surface area contributed by atoms with E-state index in [1.165, 1.54) is 28.8 Å². The monoisotopic (exact) mass is 390 g/mol. The maximum Gasteiger partial charge on any atom is 0.140 e. The molecule has 0 atom stereocenters. The number of fused-ring (bicyclic) bond motifs is 2. The number of benzene rings is 1. The van der Waals surface area contributed by atoms with Crippen molar-refractivity contribution in [3.8, 4) is 11.1 Å². The Bertz CT molecular complexity index is 1180. The lowest BCUT2D eigenvalue weighted by Crippen LogP contribution is -2.12. The third kappa shape index (κ3) is 2.92. The summed E-state index contributed by atoms with van der Waals surface area (Å²) in [6, 6.07) is 10.9. The molecule has 4 heterocycles. The van der Waals surface area contributed by atoms with Crippen LogP contribution in [0.1, 0.15) is 11.3 Å². The maximum absolute atomic E-state index is 4.69. The van der Waals surface area contributed by atoms with Crippen LogP contribution in [0.25, 0.3) is 22.2 Å². The van der Waals surface area contributed by atoms with Crippen LogP contribution in [-0.2, 0) is 13.5 Å². The number of nitrogens with zero attached hydrogens (tertiary/aromatic N) is 4. The lowest BCUT2D eigenvalue weighted by molar-refractivity contribution is 0.738. The van der Waals surface area contributed by atoms with Crippen molar-refractivity contribution in [2.75, 3.05) is 23.2 Å². The van der Waals surface area contributed by atoms with E-state index in [4.69, 9.17) is 4.98 Å². The minimum absolute atomic E-state index is 0.896. The molecule has 0 radical (unpaired) electrons. The predicted molar refractivity (Wildman–Crippen MR) is 116 cm³/mol. The van der Waals surface area contributed by atoms with E-state index in [9.17, 15) is 0 Å². The van der Waals surface area contributed by atoms with E-state index in [0.29, 0.717) is 0 Å². The maximum atomic E-state index is 4.69. The summed E-state index contributed by atoms with van der Waals surface area (Å²) >= 11 is 1.51. The second-order valence-corrected chi connectivity index (χ2v) is 8.11. The van der Waals surface area contributed by atoms with E-state index < -0.39 is 0 Å². The molecule has 142 valence electrons. The van der Waals surface area contributed by atoms with Gasteiger partial charge in [-0.15, -0.1) is 0 Å². The van der Waals surface area contributed by atoms with Gasteiger partial charge in [0, 0.05) is 61.9 Å². The van der Waals surface area contributed by atoms with E-state index in [2.05, 4.69) is 57.2 Å². The zero-order chi connectivity index (χ0) is 19.3. The molecule has 0 aliphatic carbocycles. The van der Waals surface area contributed by atoms with Crippen molar-refractivity contribution >= 4 is 34.4 Å². The van der Waals surface area contributed by atoms with Gasteiger partial charge >= 0.3 is 0 Å². The van der Waals surface area contributed by atoms with Crippen molar-refractivity contribution in [1.82, 2.24) is 19.7 Å². The average molecular weight is 391 g/mol. The van der Waals surface area contributed by atoms with Crippen LogP contribution in [0.5, 0.6) is 0 Å². The minimum atomic E-state index is 0.896. The van der Waals surface area contributed by atoms with Gasteiger partial charge in [-0.25, -0.2) is 4.98 Å². The number of anilines is 2. The van der Waals surface area contributed by atoms with Gasteiger partial charge in [0.2, 0.25) is 0 Å². The molecule has 1 aliphatic rings. The number of hydrogen-bond donors (Lipinski definition) is 2. The number of hydrogen-bond acceptors (Lipinski definition) is 5. The molecule has 28 heavy (non-hydrogen) atoms. The first kappa shape index (κ1) is 17.2. The molecule has 5 rings (SSSR count). The molecule has 2 N–H and O–H groups in total. The Balaban J connectivity index is 1.58. The third-order valence-corrected chi connectivity index (χ3v) is 6.00. The standard InChI is InChI=1S/C21H22N6S/c1-13-10-17(25-28-19-7-9-27(3)24-19)20-16(12-22-21(20)23-13)15-5-4-14-6-8-26(2)18(14)11-15/h4-5,7,9-12H,6,8H2,1-3H3,(H2,22,23,25). The molecular formula is C21H22N6S. The number of H-pyrrole nitrogens is 1. The van der Waals surface area contributed by atoms with Crippen LogP contribution in [-0.4, -0.2) is 33.3 Å². The van der Waals surface area contributed by atoms with Gasteiger partial charge in [-0.1, -0.05) is 12.1 Å². The van der Waals surface area contributed by atoms with Crippen molar-refractivity contribution in [1.29, 1.82) is 0 Å². The number of aromatic nitrogens is 4. The summed E-state index contributed by atoms with van der Waals surface area (Å²) in [5, 5.41) is 6.47. The topological polar surface area (TPSA) is 61.8 Å². The molecule has 6 nitrogen and oxygen atoms in total. The number of rotatable bonds is 4. The highest BCUT2D eigenvalue weighted by atomic mass is 32.2. The Morgan fingerprint density at radius 3 is 2.89 bits per heavy atom. The molecule has 0 unspecified atom stereocenters. The van der Waals surface area contributed by atoms with E-state index >= 15 is 0 Å². The third-order valence-electron chi connectivity index (χ3n) is 5.25. The molecular weight excluding hydrogens is 368 g/mol. The first-order valence-corrected chi connectivity index (χ1v) is 10.2. The fourth-order valence-electron chi connectivity index (χ4n) is 3.83. The fourth-order valence-corrected chi connectivity index (χ4v) is 4.51. The normalized spacial score (nSPS) is 13.3. The Hall–Kier alpha value is -2.93. The molecule has 0 saturated carbocycles. The summed E-state index contributed by atoms with van der Waals surface area (Å²) in [4.78, 5) is 10.4. The van der Waals surface area contributed by atoms with Gasteiger partial charge in [0.25, 0.3) is 0 Å². The predicted octanol–water partition coefficient (Wildman–Crippen LogP) is 4.38. The van der Waals surface area contributed by atoms with Crippen molar-refractivity contribution in [2.45, 2.75) is 18.4 Å². The lowest BCUT2D eigenvalue weighted by Gasteiger charge is -2.13. The molecule has 0 spiro atoms. The Morgan fingerprint density at radius 1 is 1.18 bits per heavy atom. The number of pyridine rings is 1. The van der Waals surface area contributed by atoms with E-state index in [1.54, 1.807) is 4.68 Å². The molecule has 0 fully saturated rings. The van der Waals surface area contributed by atoms with Crippen LogP contribution in [0.3, 0.4) is 0 Å². The van der Waals surface area contributed by atoms with Crippen LogP contribution in [0.15, 0.2) is 47.8 Å². The van der Waals surface area contributed by atoms with Gasteiger partial charge in [0.15, 0.2) is 0 Å². The van der Waals surface area contributed by atoms with Crippen LogP contribution >= 0.6 is 11.9 Å². The first-order chi connectivity index (χ1) is 13.6. The molecule has 0 bridgehead atoms. The summed E-state index contributed by atoms with van der Waals surface area (Å²) in [5.74, 6) is 0. The highest BCUT2D eigenvalue weighted by Crippen LogP contribution is 2.38. The molecule has 0 saturated heterocycles. The first-order valence-electron chi connectivity index (χ1n) is 9.34. The molecule has 4 aromatic rings. The van der Waals surface area contributed by atoms with Gasteiger partial charge in [-0.3, -0.25) is 4.68 Å². The second kappa shape index (κ2) is 6.60. The summed E-state index contributed by atoms with van der Waals surface area (Å²) in [5.41, 5.74) is 8.02. The quantitative estimate of drug-likeness (QED) is 0.506. The number of aryl methyl sites for hydroxylation is 2. The van der Waals surface area contributed by atoms with Crippen molar-refractivity contribution < 1.29 is 0 Å². The molecule has 1 aromatic carbocycles. The van der Waals surface area contributed by atoms with E-state index in [-0.39, 0.29) is 0 Å². The van der Waals surface area contributed by atoms with E-state index in [1.807, 2.05) is 26.2 Å². The Kier molecular flexibility index (Phi) is 4.05. The summed E-state index contributed by atoms with van der Waals surface area (Å²) < 4.78 is 5.29. The average Bonchev–Trinajstić information content (AvgIpc) is 3.38. The minimum Gasteiger partial charge on any atom is -0.374 e. The van der Waals surface area contributed by atoms with Crippen LogP contribution in [0.4, 0.5) is 11.4 Å². The van der Waals surface area contributed by atoms with Crippen LogP contribution < -0.4 is 9.62 Å². The Morgan fingerprint density at radius 2 is 2.07 bits per heavy atom. The zero-order valence-corrected chi connectivity index (χ0v) is 17.0. The summed E-state index contributed by atoms with van der Waals surface area (Å²) in [6.07, 6.45) is 5.12. The fraction of sp³-hybridized carbons (Fsp3) is 0.238. The van der Waals surface area contributed by atoms with Gasteiger partial charge < -0.3 is 14.6 Å². The molecule has 3 aromatic heterocycles. The second-order valence-electron chi connectivity index (χ2n) is 7.28. The highest BCUT2D eigenvalue weighted by molar-refractivity contribution is 8.00. The molecule has 7 heteroatoms. The number of likely N-dealkylation sites (N-methyl/N-ethyl adjacent to an activating group) is 1.